The fourth-order valence-corrected chi connectivity index (χ4v) is 2.27. The van der Waals surface area contributed by atoms with Crippen molar-refractivity contribution in [2.24, 2.45) is 5.92 Å². The Morgan fingerprint density at radius 3 is 2.94 bits per heavy atom. The highest BCUT2D eigenvalue weighted by Gasteiger charge is 2.21. The monoisotopic (exact) mass is 240 g/mol. The van der Waals surface area contributed by atoms with Crippen molar-refractivity contribution >= 4 is 17.3 Å². The molecule has 0 amide bonds. The van der Waals surface area contributed by atoms with Gasteiger partial charge < -0.3 is 10.8 Å². The summed E-state index contributed by atoms with van der Waals surface area (Å²) in [6, 6.07) is 5.77. The molecule has 1 atom stereocenters. The molecule has 1 saturated heterocycles. The third kappa shape index (κ3) is 2.67. The van der Waals surface area contributed by atoms with Gasteiger partial charge in [-0.1, -0.05) is 17.7 Å². The van der Waals surface area contributed by atoms with E-state index in [2.05, 4.69) is 4.90 Å². The standard InChI is InChI=1S/C12H17ClN2O/c13-11-2-1-9(5-12(11)14)6-15-4-3-10(7-15)8-16/h1-2,5,10,16H,3-4,6-8,14H2. The summed E-state index contributed by atoms with van der Waals surface area (Å²) >= 11 is 5.87. The van der Waals surface area contributed by atoms with Crippen molar-refractivity contribution in [3.05, 3.63) is 28.8 Å². The van der Waals surface area contributed by atoms with Crippen molar-refractivity contribution in [3.8, 4) is 0 Å². The van der Waals surface area contributed by atoms with E-state index in [1.165, 1.54) is 5.56 Å². The topological polar surface area (TPSA) is 49.5 Å². The lowest BCUT2D eigenvalue weighted by molar-refractivity contribution is 0.220. The van der Waals surface area contributed by atoms with Gasteiger partial charge in [-0.3, -0.25) is 4.90 Å². The minimum atomic E-state index is 0.291. The van der Waals surface area contributed by atoms with E-state index in [1.54, 1.807) is 0 Å². The normalized spacial score (nSPS) is 21.5. The molecular formula is C12H17ClN2O. The first-order valence-electron chi connectivity index (χ1n) is 5.56. The van der Waals surface area contributed by atoms with Crippen LogP contribution in [0.4, 0.5) is 5.69 Å². The molecule has 1 heterocycles. The molecule has 3 N–H and O–H groups in total. The Bertz CT molecular complexity index is 370. The molecular weight excluding hydrogens is 224 g/mol. The molecule has 3 nitrogen and oxygen atoms in total. The van der Waals surface area contributed by atoms with Gasteiger partial charge in [-0.15, -0.1) is 0 Å². The van der Waals surface area contributed by atoms with Crippen LogP contribution in [-0.4, -0.2) is 29.7 Å². The Kier molecular flexibility index (Phi) is 3.69. The first-order valence-corrected chi connectivity index (χ1v) is 5.94. The number of aliphatic hydroxyl groups excluding tert-OH is 1. The average Bonchev–Trinajstić information content (AvgIpc) is 2.71. The Hall–Kier alpha value is -0.770. The van der Waals surface area contributed by atoms with E-state index in [9.17, 15) is 0 Å². The number of halogens is 1. The zero-order valence-electron chi connectivity index (χ0n) is 9.19. The lowest BCUT2D eigenvalue weighted by Crippen LogP contribution is -2.21. The van der Waals surface area contributed by atoms with Crippen LogP contribution in [0.1, 0.15) is 12.0 Å². The maximum absolute atomic E-state index is 9.07. The SMILES string of the molecule is Nc1cc(CN2CCC(CO)C2)ccc1Cl. The molecule has 4 heteroatoms. The molecule has 0 bridgehead atoms. The van der Waals surface area contributed by atoms with Gasteiger partial charge in [0.25, 0.3) is 0 Å². The second kappa shape index (κ2) is 5.04. The van der Waals surface area contributed by atoms with Crippen LogP contribution in [0.15, 0.2) is 18.2 Å². The van der Waals surface area contributed by atoms with Crippen LogP contribution >= 0.6 is 11.6 Å². The molecule has 0 aromatic heterocycles. The van der Waals surface area contributed by atoms with Crippen LogP contribution in [-0.2, 0) is 6.54 Å². The predicted molar refractivity (Wildman–Crippen MR) is 66.3 cm³/mol. The fourth-order valence-electron chi connectivity index (χ4n) is 2.16. The van der Waals surface area contributed by atoms with Gasteiger partial charge in [0.1, 0.15) is 0 Å². The second-order valence-electron chi connectivity index (χ2n) is 4.43. The summed E-state index contributed by atoms with van der Waals surface area (Å²) in [6.45, 7) is 3.20. The lowest BCUT2D eigenvalue weighted by Gasteiger charge is -2.16. The summed E-state index contributed by atoms with van der Waals surface area (Å²) in [4.78, 5) is 2.34. The average molecular weight is 241 g/mol. The van der Waals surface area contributed by atoms with Crippen molar-refractivity contribution in [2.45, 2.75) is 13.0 Å². The largest absolute Gasteiger partial charge is 0.398 e. The van der Waals surface area contributed by atoms with Crippen LogP contribution in [0.3, 0.4) is 0 Å². The van der Waals surface area contributed by atoms with Crippen molar-refractivity contribution in [2.75, 3.05) is 25.4 Å². The van der Waals surface area contributed by atoms with E-state index in [4.69, 9.17) is 22.4 Å². The van der Waals surface area contributed by atoms with E-state index in [-0.39, 0.29) is 0 Å². The smallest absolute Gasteiger partial charge is 0.0635 e. The molecule has 1 unspecified atom stereocenters. The molecule has 0 radical (unpaired) electrons. The number of anilines is 1. The summed E-state index contributed by atoms with van der Waals surface area (Å²) in [5, 5.41) is 9.68. The highest BCUT2D eigenvalue weighted by molar-refractivity contribution is 6.33. The molecule has 1 fully saturated rings. The highest BCUT2D eigenvalue weighted by Crippen LogP contribution is 2.22. The third-order valence-electron chi connectivity index (χ3n) is 3.09. The number of aliphatic hydroxyl groups is 1. The van der Waals surface area contributed by atoms with Crippen LogP contribution in [0.5, 0.6) is 0 Å². The lowest BCUT2D eigenvalue weighted by atomic mass is 10.1. The summed E-state index contributed by atoms with van der Waals surface area (Å²) in [5.41, 5.74) is 7.58. The zero-order chi connectivity index (χ0) is 11.5. The number of likely N-dealkylation sites (tertiary alicyclic amines) is 1. The molecule has 0 spiro atoms. The van der Waals surface area contributed by atoms with Gasteiger partial charge in [0.15, 0.2) is 0 Å². The molecule has 2 rings (SSSR count). The fraction of sp³-hybridized carbons (Fsp3) is 0.500. The first-order chi connectivity index (χ1) is 7.69. The Morgan fingerprint density at radius 2 is 2.31 bits per heavy atom. The maximum Gasteiger partial charge on any atom is 0.0635 e. The van der Waals surface area contributed by atoms with Crippen LogP contribution in [0, 0.1) is 5.92 Å². The van der Waals surface area contributed by atoms with Gasteiger partial charge >= 0.3 is 0 Å². The van der Waals surface area contributed by atoms with Crippen LogP contribution in [0.25, 0.3) is 0 Å². The van der Waals surface area contributed by atoms with E-state index >= 15 is 0 Å². The number of nitrogen functional groups attached to an aromatic ring is 1. The number of rotatable bonds is 3. The van der Waals surface area contributed by atoms with Gasteiger partial charge in [-0.2, -0.15) is 0 Å². The second-order valence-corrected chi connectivity index (χ2v) is 4.84. The van der Waals surface area contributed by atoms with E-state index < -0.39 is 0 Å². The number of benzene rings is 1. The predicted octanol–water partition coefficient (Wildman–Crippen LogP) is 1.74. The van der Waals surface area contributed by atoms with Gasteiger partial charge in [0.2, 0.25) is 0 Å². The zero-order valence-corrected chi connectivity index (χ0v) is 9.95. The first kappa shape index (κ1) is 11.7. The molecule has 88 valence electrons. The van der Waals surface area contributed by atoms with E-state index in [0.717, 1.165) is 26.1 Å². The number of hydrogen-bond acceptors (Lipinski definition) is 3. The minimum Gasteiger partial charge on any atom is -0.398 e. The summed E-state index contributed by atoms with van der Waals surface area (Å²) in [6.07, 6.45) is 1.08. The minimum absolute atomic E-state index is 0.291. The summed E-state index contributed by atoms with van der Waals surface area (Å²) < 4.78 is 0. The molecule has 0 aliphatic carbocycles. The maximum atomic E-state index is 9.07. The molecule has 1 aromatic carbocycles. The van der Waals surface area contributed by atoms with E-state index in [0.29, 0.717) is 23.2 Å². The van der Waals surface area contributed by atoms with E-state index in [1.807, 2.05) is 18.2 Å². The number of nitrogens with zero attached hydrogens (tertiary/aromatic N) is 1. The number of nitrogens with two attached hydrogens (primary N) is 1. The van der Waals surface area contributed by atoms with Crippen molar-refractivity contribution < 1.29 is 5.11 Å². The van der Waals surface area contributed by atoms with Gasteiger partial charge in [-0.05, 0) is 36.6 Å². The molecule has 1 aliphatic heterocycles. The molecule has 16 heavy (non-hydrogen) atoms. The number of hydrogen-bond donors (Lipinski definition) is 2. The van der Waals surface area contributed by atoms with Crippen molar-refractivity contribution in [1.29, 1.82) is 0 Å². The molecule has 1 aromatic rings. The molecule has 1 aliphatic rings. The van der Waals surface area contributed by atoms with Crippen molar-refractivity contribution in [3.63, 3.8) is 0 Å². The van der Waals surface area contributed by atoms with Gasteiger partial charge in [0.05, 0.1) is 10.7 Å². The van der Waals surface area contributed by atoms with Crippen LogP contribution in [0.2, 0.25) is 5.02 Å². The summed E-state index contributed by atoms with van der Waals surface area (Å²) in [7, 11) is 0. The third-order valence-corrected chi connectivity index (χ3v) is 3.44. The molecule has 0 saturated carbocycles. The Balaban J connectivity index is 1.97. The Morgan fingerprint density at radius 1 is 1.50 bits per heavy atom. The van der Waals surface area contributed by atoms with Gasteiger partial charge in [-0.25, -0.2) is 0 Å². The summed E-state index contributed by atoms with van der Waals surface area (Å²) in [5.74, 6) is 0.435. The van der Waals surface area contributed by atoms with Crippen molar-refractivity contribution in [1.82, 2.24) is 4.90 Å². The highest BCUT2D eigenvalue weighted by atomic mass is 35.5. The quantitative estimate of drug-likeness (QED) is 0.792. The van der Waals surface area contributed by atoms with Crippen LogP contribution < -0.4 is 5.73 Å². The van der Waals surface area contributed by atoms with Gasteiger partial charge in [0, 0.05) is 19.7 Å². The Labute approximate surface area is 101 Å².